The van der Waals surface area contributed by atoms with Gasteiger partial charge in [-0.15, -0.1) is 6.42 Å². The van der Waals surface area contributed by atoms with Crippen LogP contribution in [0, 0.1) is 17.8 Å². The van der Waals surface area contributed by atoms with Crippen LogP contribution in [0.3, 0.4) is 0 Å². The Morgan fingerprint density at radius 1 is 1.60 bits per heavy atom. The van der Waals surface area contributed by atoms with Gasteiger partial charge in [-0.3, -0.25) is 0 Å². The van der Waals surface area contributed by atoms with E-state index in [1.165, 1.54) is 6.26 Å². The molecule has 0 unspecified atom stereocenters. The molecule has 10 heavy (non-hydrogen) atoms. The quantitative estimate of drug-likeness (QED) is 0.547. The molecule has 0 radical (unpaired) electrons. The Labute approximate surface area is 61.5 Å². The van der Waals surface area contributed by atoms with Crippen LogP contribution in [-0.2, 0) is 9.84 Å². The summed E-state index contributed by atoms with van der Waals surface area (Å²) in [4.78, 5) is 0. The zero-order valence-electron chi connectivity index (χ0n) is 5.92. The maximum Gasteiger partial charge on any atom is 0.148 e. The number of sulfone groups is 1. The molecule has 0 aromatic rings. The lowest BCUT2D eigenvalue weighted by Gasteiger charge is -2.02. The summed E-state index contributed by atoms with van der Waals surface area (Å²) in [6.07, 6.45) is 8.13. The highest BCUT2D eigenvalue weighted by Gasteiger charge is 2.43. The van der Waals surface area contributed by atoms with Gasteiger partial charge in [-0.2, -0.15) is 0 Å². The maximum absolute atomic E-state index is 10.8. The first-order valence-corrected chi connectivity index (χ1v) is 5.19. The van der Waals surface area contributed by atoms with Gasteiger partial charge >= 0.3 is 0 Å². The molecule has 1 saturated carbocycles. The summed E-state index contributed by atoms with van der Waals surface area (Å²) in [5.74, 6) is 2.69. The van der Waals surface area contributed by atoms with Crippen molar-refractivity contribution in [2.24, 2.45) is 5.41 Å². The van der Waals surface area contributed by atoms with Crippen molar-refractivity contribution in [1.29, 1.82) is 0 Å². The van der Waals surface area contributed by atoms with Crippen LogP contribution in [0.15, 0.2) is 0 Å². The third-order valence-electron chi connectivity index (χ3n) is 1.70. The van der Waals surface area contributed by atoms with Gasteiger partial charge in [-0.05, 0) is 12.8 Å². The molecule has 0 atom stereocenters. The van der Waals surface area contributed by atoms with Crippen molar-refractivity contribution in [3.63, 3.8) is 0 Å². The molecule has 0 aliphatic heterocycles. The van der Waals surface area contributed by atoms with E-state index >= 15 is 0 Å². The van der Waals surface area contributed by atoms with Gasteiger partial charge in [0.05, 0.1) is 5.75 Å². The minimum Gasteiger partial charge on any atom is -0.229 e. The molecule has 0 aromatic carbocycles. The average Bonchev–Trinajstić information content (AvgIpc) is 2.45. The molecule has 0 saturated heterocycles. The lowest BCUT2D eigenvalue weighted by molar-refractivity contribution is 0.590. The summed E-state index contributed by atoms with van der Waals surface area (Å²) >= 11 is 0. The van der Waals surface area contributed by atoms with Gasteiger partial charge in [0.15, 0.2) is 0 Å². The fourth-order valence-corrected chi connectivity index (χ4v) is 2.36. The Kier molecular flexibility index (Phi) is 1.52. The van der Waals surface area contributed by atoms with Crippen molar-refractivity contribution in [2.45, 2.75) is 12.8 Å². The third kappa shape index (κ3) is 1.74. The number of rotatable bonds is 2. The van der Waals surface area contributed by atoms with Gasteiger partial charge in [0.1, 0.15) is 9.84 Å². The van der Waals surface area contributed by atoms with E-state index in [4.69, 9.17) is 6.42 Å². The van der Waals surface area contributed by atoms with Gasteiger partial charge in [0.25, 0.3) is 0 Å². The van der Waals surface area contributed by atoms with Crippen LogP contribution in [0.2, 0.25) is 0 Å². The van der Waals surface area contributed by atoms with Crippen molar-refractivity contribution in [1.82, 2.24) is 0 Å². The largest absolute Gasteiger partial charge is 0.229 e. The summed E-state index contributed by atoms with van der Waals surface area (Å²) in [7, 11) is -2.87. The lowest BCUT2D eigenvalue weighted by atomic mass is 10.2. The van der Waals surface area contributed by atoms with E-state index in [2.05, 4.69) is 5.92 Å². The molecule has 0 spiro atoms. The summed E-state index contributed by atoms with van der Waals surface area (Å²) in [5, 5.41) is 0. The molecule has 56 valence electrons. The van der Waals surface area contributed by atoms with E-state index in [0.29, 0.717) is 0 Å². The molecule has 0 bridgehead atoms. The van der Waals surface area contributed by atoms with Gasteiger partial charge in [-0.1, -0.05) is 5.92 Å². The summed E-state index contributed by atoms with van der Waals surface area (Å²) < 4.78 is 21.5. The van der Waals surface area contributed by atoms with Crippen LogP contribution < -0.4 is 0 Å². The SMILES string of the molecule is C#CC1(CS(C)(=O)=O)CC1. The highest BCUT2D eigenvalue weighted by atomic mass is 32.2. The minimum atomic E-state index is -2.87. The summed E-state index contributed by atoms with van der Waals surface area (Å²) in [6.45, 7) is 0. The smallest absolute Gasteiger partial charge is 0.148 e. The van der Waals surface area contributed by atoms with E-state index in [1.54, 1.807) is 0 Å². The molecule has 0 amide bonds. The van der Waals surface area contributed by atoms with Crippen LogP contribution in [0.5, 0.6) is 0 Å². The van der Waals surface area contributed by atoms with Crippen molar-refractivity contribution in [3.8, 4) is 12.3 Å². The van der Waals surface area contributed by atoms with Crippen LogP contribution in [0.25, 0.3) is 0 Å². The van der Waals surface area contributed by atoms with Gasteiger partial charge in [0.2, 0.25) is 0 Å². The van der Waals surface area contributed by atoms with E-state index in [0.717, 1.165) is 12.8 Å². The van der Waals surface area contributed by atoms with Crippen LogP contribution >= 0.6 is 0 Å². The van der Waals surface area contributed by atoms with Gasteiger partial charge < -0.3 is 0 Å². The van der Waals surface area contributed by atoms with E-state index in [1.807, 2.05) is 0 Å². The molecule has 1 aliphatic carbocycles. The van der Waals surface area contributed by atoms with Crippen LogP contribution in [0.4, 0.5) is 0 Å². The van der Waals surface area contributed by atoms with Crippen molar-refractivity contribution in [3.05, 3.63) is 0 Å². The lowest BCUT2D eigenvalue weighted by Crippen LogP contribution is -2.13. The first-order chi connectivity index (χ1) is 4.47. The van der Waals surface area contributed by atoms with Crippen molar-refractivity contribution < 1.29 is 8.42 Å². The molecule has 3 heteroatoms. The first kappa shape index (κ1) is 7.62. The Morgan fingerprint density at radius 3 is 2.20 bits per heavy atom. The standard InChI is InChI=1S/C7H10O2S/c1-3-7(4-5-7)6-10(2,8)9/h1H,4-6H2,2H3. The molecular weight excluding hydrogens is 148 g/mol. The monoisotopic (exact) mass is 158 g/mol. The van der Waals surface area contributed by atoms with Gasteiger partial charge in [-0.25, -0.2) is 8.42 Å². The van der Waals surface area contributed by atoms with Gasteiger partial charge in [0, 0.05) is 11.7 Å². The zero-order valence-corrected chi connectivity index (χ0v) is 6.74. The second-order valence-electron chi connectivity index (χ2n) is 2.99. The third-order valence-corrected chi connectivity index (χ3v) is 2.78. The Bertz CT molecular complexity index is 264. The first-order valence-electron chi connectivity index (χ1n) is 3.13. The second-order valence-corrected chi connectivity index (χ2v) is 5.13. The van der Waals surface area contributed by atoms with E-state index < -0.39 is 9.84 Å². The average molecular weight is 158 g/mol. The molecule has 0 aromatic heterocycles. The minimum absolute atomic E-state index is 0.163. The Hall–Kier alpha value is -0.490. The molecule has 1 fully saturated rings. The molecule has 0 heterocycles. The summed E-state index contributed by atoms with van der Waals surface area (Å²) in [6, 6.07) is 0. The number of hydrogen-bond donors (Lipinski definition) is 0. The van der Waals surface area contributed by atoms with Crippen molar-refractivity contribution in [2.75, 3.05) is 12.0 Å². The Balaban J connectivity index is 2.65. The molecule has 1 rings (SSSR count). The van der Waals surface area contributed by atoms with E-state index in [-0.39, 0.29) is 11.2 Å². The number of terminal acetylenes is 1. The Morgan fingerprint density at radius 2 is 2.10 bits per heavy atom. The highest BCUT2D eigenvalue weighted by Crippen LogP contribution is 2.45. The molecular formula is C7H10O2S. The maximum atomic E-state index is 10.8. The fraction of sp³-hybridized carbons (Fsp3) is 0.714. The predicted molar refractivity (Wildman–Crippen MR) is 40.2 cm³/mol. The summed E-state index contributed by atoms with van der Waals surface area (Å²) in [5.41, 5.74) is -0.284. The normalized spacial score (nSPS) is 21.6. The molecule has 2 nitrogen and oxygen atoms in total. The van der Waals surface area contributed by atoms with Crippen LogP contribution in [-0.4, -0.2) is 20.4 Å². The van der Waals surface area contributed by atoms with Crippen LogP contribution in [0.1, 0.15) is 12.8 Å². The fourth-order valence-electron chi connectivity index (χ4n) is 0.983. The predicted octanol–water partition coefficient (Wildman–Crippen LogP) is 0.444. The topological polar surface area (TPSA) is 34.1 Å². The number of hydrogen-bond acceptors (Lipinski definition) is 2. The highest BCUT2D eigenvalue weighted by molar-refractivity contribution is 7.90. The molecule has 1 aliphatic rings. The second kappa shape index (κ2) is 2.00. The van der Waals surface area contributed by atoms with Crippen molar-refractivity contribution >= 4 is 9.84 Å². The van der Waals surface area contributed by atoms with E-state index in [9.17, 15) is 8.42 Å². The zero-order chi connectivity index (χ0) is 7.83. The molecule has 0 N–H and O–H groups in total.